The van der Waals surface area contributed by atoms with E-state index in [1.165, 1.54) is 27.5 Å². The fourth-order valence-corrected chi connectivity index (χ4v) is 4.74. The van der Waals surface area contributed by atoms with Crippen LogP contribution in [0.3, 0.4) is 0 Å². The van der Waals surface area contributed by atoms with Crippen molar-refractivity contribution in [3.8, 4) is 33.4 Å². The zero-order valence-corrected chi connectivity index (χ0v) is 15.6. The van der Waals surface area contributed by atoms with Crippen LogP contribution in [0.15, 0.2) is 91.0 Å². The molecular formula is C26H17BO2. The van der Waals surface area contributed by atoms with Gasteiger partial charge in [-0.05, 0) is 72.5 Å². The highest BCUT2D eigenvalue weighted by Gasteiger charge is 2.28. The number of hydrogen-bond acceptors (Lipinski definition) is 2. The molecule has 0 bridgehead atoms. The van der Waals surface area contributed by atoms with Crippen LogP contribution in [0.4, 0.5) is 0 Å². The third-order valence-electron chi connectivity index (χ3n) is 6.00. The Morgan fingerprint density at radius 1 is 0.552 bits per heavy atom. The van der Waals surface area contributed by atoms with E-state index in [2.05, 4.69) is 54.6 Å². The molecule has 1 aliphatic carbocycles. The van der Waals surface area contributed by atoms with Gasteiger partial charge in [0.1, 0.15) is 0 Å². The van der Waals surface area contributed by atoms with Crippen molar-refractivity contribution in [1.82, 2.24) is 0 Å². The molecule has 29 heavy (non-hydrogen) atoms. The Hall–Kier alpha value is -3.40. The van der Waals surface area contributed by atoms with Crippen LogP contribution in [0.2, 0.25) is 0 Å². The van der Waals surface area contributed by atoms with E-state index in [0.29, 0.717) is 5.46 Å². The van der Waals surface area contributed by atoms with Gasteiger partial charge in [0.2, 0.25) is 0 Å². The van der Waals surface area contributed by atoms with Gasteiger partial charge in [-0.3, -0.25) is 0 Å². The summed E-state index contributed by atoms with van der Waals surface area (Å²) in [6, 6.07) is 31.2. The van der Waals surface area contributed by atoms with Crippen LogP contribution >= 0.6 is 0 Å². The van der Waals surface area contributed by atoms with Crippen molar-refractivity contribution >= 4 is 34.1 Å². The van der Waals surface area contributed by atoms with Crippen molar-refractivity contribution in [3.63, 3.8) is 0 Å². The SMILES string of the molecule is OB(O)c1cc(-c2ccccc2)c2c3c(cccc13)-c1cc3ccccc3cc1-2. The van der Waals surface area contributed by atoms with Gasteiger partial charge in [0, 0.05) is 0 Å². The Morgan fingerprint density at radius 3 is 1.97 bits per heavy atom. The summed E-state index contributed by atoms with van der Waals surface area (Å²) in [6.45, 7) is 0. The van der Waals surface area contributed by atoms with Crippen molar-refractivity contribution < 1.29 is 10.0 Å². The first kappa shape index (κ1) is 16.5. The summed E-state index contributed by atoms with van der Waals surface area (Å²) in [4.78, 5) is 0. The quantitative estimate of drug-likeness (QED) is 0.421. The average molecular weight is 372 g/mol. The van der Waals surface area contributed by atoms with E-state index in [1.807, 2.05) is 36.4 Å². The Kier molecular flexibility index (Phi) is 3.45. The minimum atomic E-state index is -1.52. The molecule has 0 aliphatic heterocycles. The van der Waals surface area contributed by atoms with Crippen molar-refractivity contribution in [1.29, 1.82) is 0 Å². The van der Waals surface area contributed by atoms with Crippen LogP contribution < -0.4 is 5.46 Å². The number of benzene rings is 5. The predicted molar refractivity (Wildman–Crippen MR) is 121 cm³/mol. The Bertz CT molecular complexity index is 1420. The molecule has 6 rings (SSSR count). The molecule has 0 saturated carbocycles. The maximum atomic E-state index is 10.1. The van der Waals surface area contributed by atoms with E-state index >= 15 is 0 Å². The summed E-state index contributed by atoms with van der Waals surface area (Å²) in [5, 5.41) is 24.7. The second-order valence-corrected chi connectivity index (χ2v) is 7.60. The highest BCUT2D eigenvalue weighted by atomic mass is 16.4. The highest BCUT2D eigenvalue weighted by Crippen LogP contribution is 2.51. The van der Waals surface area contributed by atoms with E-state index in [-0.39, 0.29) is 0 Å². The first-order valence-electron chi connectivity index (χ1n) is 9.77. The summed E-state index contributed by atoms with van der Waals surface area (Å²) in [6.07, 6.45) is 0. The van der Waals surface area contributed by atoms with Gasteiger partial charge in [0.25, 0.3) is 0 Å². The minimum absolute atomic E-state index is 0.543. The second kappa shape index (κ2) is 6.05. The van der Waals surface area contributed by atoms with Crippen LogP contribution in [-0.2, 0) is 0 Å². The van der Waals surface area contributed by atoms with Crippen molar-refractivity contribution in [2.24, 2.45) is 0 Å². The van der Waals surface area contributed by atoms with Crippen LogP contribution in [0.25, 0.3) is 54.9 Å². The van der Waals surface area contributed by atoms with Crippen molar-refractivity contribution in [2.45, 2.75) is 0 Å². The van der Waals surface area contributed by atoms with Crippen LogP contribution in [-0.4, -0.2) is 17.2 Å². The average Bonchev–Trinajstić information content (AvgIpc) is 3.08. The molecule has 0 spiro atoms. The second-order valence-electron chi connectivity index (χ2n) is 7.60. The normalized spacial score (nSPS) is 11.8. The number of fused-ring (bicyclic) bond motifs is 4. The molecule has 2 N–H and O–H groups in total. The number of hydrogen-bond donors (Lipinski definition) is 2. The van der Waals surface area contributed by atoms with E-state index in [0.717, 1.165) is 27.5 Å². The van der Waals surface area contributed by atoms with Gasteiger partial charge in [0.05, 0.1) is 0 Å². The van der Waals surface area contributed by atoms with Gasteiger partial charge in [-0.2, -0.15) is 0 Å². The summed E-state index contributed by atoms with van der Waals surface area (Å²) < 4.78 is 0. The highest BCUT2D eigenvalue weighted by molar-refractivity contribution is 6.62. The predicted octanol–water partition coefficient (Wildman–Crippen LogP) is 4.99. The summed E-state index contributed by atoms with van der Waals surface area (Å²) >= 11 is 0. The molecule has 0 radical (unpaired) electrons. The largest absolute Gasteiger partial charge is 0.489 e. The third-order valence-corrected chi connectivity index (χ3v) is 6.00. The summed E-state index contributed by atoms with van der Waals surface area (Å²) in [5.74, 6) is 0. The molecule has 136 valence electrons. The van der Waals surface area contributed by atoms with Crippen LogP contribution in [0.1, 0.15) is 0 Å². The van der Waals surface area contributed by atoms with Gasteiger partial charge in [-0.1, -0.05) is 78.9 Å². The summed E-state index contributed by atoms with van der Waals surface area (Å²) in [7, 11) is -1.52. The molecule has 1 aliphatic rings. The molecule has 2 nitrogen and oxygen atoms in total. The molecule has 0 fully saturated rings. The van der Waals surface area contributed by atoms with Crippen molar-refractivity contribution in [3.05, 3.63) is 91.0 Å². The lowest BCUT2D eigenvalue weighted by atomic mass is 9.74. The third kappa shape index (κ3) is 2.32. The molecule has 3 heteroatoms. The molecule has 0 amide bonds. The molecule has 0 aromatic heterocycles. The zero-order chi connectivity index (χ0) is 19.5. The van der Waals surface area contributed by atoms with E-state index in [9.17, 15) is 10.0 Å². The van der Waals surface area contributed by atoms with E-state index in [1.54, 1.807) is 0 Å². The molecule has 5 aromatic rings. The van der Waals surface area contributed by atoms with E-state index < -0.39 is 7.12 Å². The van der Waals surface area contributed by atoms with Gasteiger partial charge >= 0.3 is 7.12 Å². The topological polar surface area (TPSA) is 40.5 Å². The van der Waals surface area contributed by atoms with Gasteiger partial charge in [-0.15, -0.1) is 0 Å². The van der Waals surface area contributed by atoms with Crippen LogP contribution in [0, 0.1) is 0 Å². The fraction of sp³-hybridized carbons (Fsp3) is 0. The fourth-order valence-electron chi connectivity index (χ4n) is 4.74. The Morgan fingerprint density at radius 2 is 1.24 bits per heavy atom. The molecule has 0 unspecified atom stereocenters. The minimum Gasteiger partial charge on any atom is -0.423 e. The van der Waals surface area contributed by atoms with E-state index in [4.69, 9.17) is 0 Å². The zero-order valence-electron chi connectivity index (χ0n) is 15.6. The van der Waals surface area contributed by atoms with Crippen molar-refractivity contribution in [2.75, 3.05) is 0 Å². The molecule has 0 saturated heterocycles. The molecular weight excluding hydrogens is 355 g/mol. The summed E-state index contributed by atoms with van der Waals surface area (Å²) in [5.41, 5.74) is 7.37. The maximum absolute atomic E-state index is 10.1. The molecule has 5 aromatic carbocycles. The Balaban J connectivity index is 1.82. The maximum Gasteiger partial charge on any atom is 0.489 e. The van der Waals surface area contributed by atoms with Gasteiger partial charge in [0.15, 0.2) is 0 Å². The molecule has 0 heterocycles. The number of rotatable bonds is 2. The van der Waals surface area contributed by atoms with Crippen LogP contribution in [0.5, 0.6) is 0 Å². The standard InChI is InChI=1S/C26H17BO2/c28-27(29)24-15-21(16-7-2-1-3-8-16)26-23-14-18-10-5-4-9-17(18)13-22(23)19-11-6-12-20(24)25(19)26/h1-15,28-29H. The lowest BCUT2D eigenvalue weighted by Gasteiger charge is -2.15. The molecule has 0 atom stereocenters. The smallest absolute Gasteiger partial charge is 0.423 e. The Labute approximate surface area is 168 Å². The monoisotopic (exact) mass is 372 g/mol. The first-order valence-corrected chi connectivity index (χ1v) is 9.77. The lowest BCUT2D eigenvalue weighted by molar-refractivity contribution is 0.426. The lowest BCUT2D eigenvalue weighted by Crippen LogP contribution is -2.30. The first-order chi connectivity index (χ1) is 14.2. The van der Waals surface area contributed by atoms with Gasteiger partial charge in [-0.25, -0.2) is 0 Å². The van der Waals surface area contributed by atoms with Gasteiger partial charge < -0.3 is 10.0 Å².